The Morgan fingerprint density at radius 1 is 1.04 bits per heavy atom. The van der Waals surface area contributed by atoms with E-state index in [9.17, 15) is 9.59 Å². The monoisotopic (exact) mass is 388 g/mol. The molecule has 1 atom stereocenters. The molecule has 1 aromatic carbocycles. The highest BCUT2D eigenvalue weighted by atomic mass is 16.7. The van der Waals surface area contributed by atoms with Crippen molar-refractivity contribution in [2.24, 2.45) is 0 Å². The summed E-state index contributed by atoms with van der Waals surface area (Å²) < 4.78 is 15.8. The van der Waals surface area contributed by atoms with Crippen LogP contribution in [0, 0.1) is 0 Å². The minimum Gasteiger partial charge on any atom is -0.456 e. The van der Waals surface area contributed by atoms with Crippen LogP contribution in [0.4, 0.5) is 0 Å². The van der Waals surface area contributed by atoms with Crippen molar-refractivity contribution in [3.63, 3.8) is 0 Å². The lowest BCUT2D eigenvalue weighted by molar-refractivity contribution is -0.156. The number of carbonyl (C=O) groups is 2. The lowest BCUT2D eigenvalue weighted by atomic mass is 9.99. The van der Waals surface area contributed by atoms with Gasteiger partial charge in [0.2, 0.25) is 6.29 Å². The zero-order valence-corrected chi connectivity index (χ0v) is 17.5. The summed E-state index contributed by atoms with van der Waals surface area (Å²) in [5.74, 6) is -0.0123. The topological polar surface area (TPSA) is 61.8 Å². The van der Waals surface area contributed by atoms with E-state index in [1.54, 1.807) is 32.9 Å². The smallest absolute Gasteiger partial charge is 0.336 e. The molecule has 2 rings (SSSR count). The molecule has 1 fully saturated rings. The molecular formula is C23H32O5. The van der Waals surface area contributed by atoms with Crippen LogP contribution in [0.3, 0.4) is 0 Å². The van der Waals surface area contributed by atoms with Crippen molar-refractivity contribution >= 4 is 11.9 Å². The number of benzene rings is 1. The Bertz CT molecular complexity index is 671. The Hall–Kier alpha value is -2.56. The van der Waals surface area contributed by atoms with Gasteiger partial charge in [0.25, 0.3) is 0 Å². The van der Waals surface area contributed by atoms with Gasteiger partial charge in [-0.2, -0.15) is 0 Å². The predicted molar refractivity (Wildman–Crippen MR) is 110 cm³/mol. The van der Waals surface area contributed by atoms with E-state index in [4.69, 9.17) is 14.2 Å². The van der Waals surface area contributed by atoms with Gasteiger partial charge in [0.05, 0.1) is 0 Å². The summed E-state index contributed by atoms with van der Waals surface area (Å²) in [6.07, 6.45) is 4.70. The van der Waals surface area contributed by atoms with Gasteiger partial charge in [-0.1, -0.05) is 38.3 Å². The molecule has 154 valence electrons. The summed E-state index contributed by atoms with van der Waals surface area (Å²) in [7, 11) is 0. The fourth-order valence-electron chi connectivity index (χ4n) is 2.80. The molecule has 28 heavy (non-hydrogen) atoms. The van der Waals surface area contributed by atoms with Crippen molar-refractivity contribution in [3.8, 4) is 5.75 Å². The van der Waals surface area contributed by atoms with Crippen molar-refractivity contribution < 1.29 is 23.8 Å². The molecular weight excluding hydrogens is 356 g/mol. The van der Waals surface area contributed by atoms with Gasteiger partial charge in [-0.3, -0.25) is 0 Å². The lowest BCUT2D eigenvalue weighted by Gasteiger charge is -2.27. The summed E-state index contributed by atoms with van der Waals surface area (Å²) >= 11 is 0. The molecule has 0 heterocycles. The van der Waals surface area contributed by atoms with E-state index in [-0.39, 0.29) is 11.6 Å². The first kappa shape index (κ1) is 23.5. The standard InChI is InChI=1S/C12H14O3.C11H18O2/c1-9(2)12(13)15-10(3)14-11-7-5-4-6-8-11;1-4-11(7-5-6-8-11)13-10(12)9(2)3/h4-8,10H,1H2,2-3H3;2,4-8H2,1,3H3. The number of hydrogen-bond acceptors (Lipinski definition) is 5. The van der Waals surface area contributed by atoms with Gasteiger partial charge < -0.3 is 14.2 Å². The minimum absolute atomic E-state index is 0.171. The van der Waals surface area contributed by atoms with Crippen LogP contribution in [0.1, 0.15) is 59.8 Å². The Morgan fingerprint density at radius 3 is 2.04 bits per heavy atom. The first-order valence-electron chi connectivity index (χ1n) is 9.66. The van der Waals surface area contributed by atoms with Gasteiger partial charge in [0.1, 0.15) is 11.4 Å². The van der Waals surface area contributed by atoms with E-state index in [1.165, 1.54) is 12.8 Å². The third-order valence-electron chi connectivity index (χ3n) is 4.48. The van der Waals surface area contributed by atoms with Crippen molar-refractivity contribution in [3.05, 3.63) is 54.6 Å². The molecule has 0 aromatic heterocycles. The highest BCUT2D eigenvalue weighted by molar-refractivity contribution is 5.87. The summed E-state index contributed by atoms with van der Waals surface area (Å²) in [6.45, 7) is 14.1. The Labute approximate surface area is 168 Å². The van der Waals surface area contributed by atoms with Gasteiger partial charge in [-0.05, 0) is 58.1 Å². The predicted octanol–water partition coefficient (Wildman–Crippen LogP) is 5.36. The zero-order valence-electron chi connectivity index (χ0n) is 17.5. The first-order valence-corrected chi connectivity index (χ1v) is 9.66. The van der Waals surface area contributed by atoms with E-state index in [0.29, 0.717) is 16.9 Å². The van der Waals surface area contributed by atoms with E-state index < -0.39 is 12.3 Å². The van der Waals surface area contributed by atoms with Gasteiger partial charge in [-0.15, -0.1) is 0 Å². The Kier molecular flexibility index (Phi) is 9.49. The molecule has 0 N–H and O–H groups in total. The van der Waals surface area contributed by atoms with Crippen LogP contribution in [0.15, 0.2) is 54.6 Å². The zero-order chi connectivity index (χ0) is 21.2. The third-order valence-corrected chi connectivity index (χ3v) is 4.48. The molecule has 0 aliphatic heterocycles. The molecule has 5 heteroatoms. The average Bonchev–Trinajstić information content (AvgIpc) is 3.11. The van der Waals surface area contributed by atoms with Crippen LogP contribution >= 0.6 is 0 Å². The molecule has 0 radical (unpaired) electrons. The van der Waals surface area contributed by atoms with Crippen LogP contribution in [0.2, 0.25) is 0 Å². The number of para-hydroxylation sites is 1. The molecule has 1 aromatic rings. The van der Waals surface area contributed by atoms with Crippen molar-refractivity contribution in [1.82, 2.24) is 0 Å². The number of carbonyl (C=O) groups excluding carboxylic acids is 2. The average molecular weight is 389 g/mol. The highest BCUT2D eigenvalue weighted by Gasteiger charge is 2.35. The number of ether oxygens (including phenoxy) is 3. The van der Waals surface area contributed by atoms with Crippen molar-refractivity contribution in [1.29, 1.82) is 0 Å². The SMILES string of the molecule is C=C(C)C(=O)OC(C)Oc1ccccc1.C=C(C)C(=O)OC1(CC)CCCC1. The third kappa shape index (κ3) is 7.99. The van der Waals surface area contributed by atoms with E-state index in [2.05, 4.69) is 20.1 Å². The van der Waals surface area contributed by atoms with E-state index >= 15 is 0 Å². The Balaban J connectivity index is 0.000000283. The normalized spacial score (nSPS) is 15.4. The molecule has 5 nitrogen and oxygen atoms in total. The first-order chi connectivity index (χ1) is 13.2. The molecule has 1 aliphatic rings. The molecule has 1 saturated carbocycles. The summed E-state index contributed by atoms with van der Waals surface area (Å²) in [4.78, 5) is 22.5. The van der Waals surface area contributed by atoms with Gasteiger partial charge in [-0.25, -0.2) is 9.59 Å². The summed E-state index contributed by atoms with van der Waals surface area (Å²) in [5.41, 5.74) is 0.689. The Morgan fingerprint density at radius 2 is 1.57 bits per heavy atom. The maximum Gasteiger partial charge on any atom is 0.336 e. The summed E-state index contributed by atoms with van der Waals surface area (Å²) in [6, 6.07) is 9.18. The second-order valence-corrected chi connectivity index (χ2v) is 7.10. The van der Waals surface area contributed by atoms with E-state index in [0.717, 1.165) is 19.3 Å². The van der Waals surface area contributed by atoms with Crippen molar-refractivity contribution in [2.45, 2.75) is 71.7 Å². The maximum atomic E-state index is 11.3. The molecule has 0 bridgehead atoms. The lowest BCUT2D eigenvalue weighted by Crippen LogP contribution is -2.31. The van der Waals surface area contributed by atoms with Crippen molar-refractivity contribution in [2.75, 3.05) is 0 Å². The molecule has 1 unspecified atom stereocenters. The largest absolute Gasteiger partial charge is 0.456 e. The van der Waals surface area contributed by atoms with Crippen LogP contribution in [0.25, 0.3) is 0 Å². The maximum absolute atomic E-state index is 11.3. The molecule has 0 saturated heterocycles. The molecule has 1 aliphatic carbocycles. The molecule has 0 amide bonds. The van der Waals surface area contributed by atoms with Crippen LogP contribution in [0.5, 0.6) is 5.75 Å². The van der Waals surface area contributed by atoms with E-state index in [1.807, 2.05) is 18.2 Å². The second kappa shape index (κ2) is 11.3. The quantitative estimate of drug-likeness (QED) is 0.357. The van der Waals surface area contributed by atoms with Gasteiger partial charge in [0.15, 0.2) is 0 Å². The number of rotatable bonds is 7. The van der Waals surface area contributed by atoms with Gasteiger partial charge in [0, 0.05) is 18.1 Å². The fraction of sp³-hybridized carbons (Fsp3) is 0.478. The van der Waals surface area contributed by atoms with Crippen LogP contribution in [-0.4, -0.2) is 23.8 Å². The number of hydrogen-bond donors (Lipinski definition) is 0. The highest BCUT2D eigenvalue weighted by Crippen LogP contribution is 2.36. The van der Waals surface area contributed by atoms with Crippen LogP contribution in [-0.2, 0) is 19.1 Å². The summed E-state index contributed by atoms with van der Waals surface area (Å²) in [5, 5.41) is 0. The second-order valence-electron chi connectivity index (χ2n) is 7.10. The molecule has 0 spiro atoms. The fourth-order valence-corrected chi connectivity index (χ4v) is 2.80. The van der Waals surface area contributed by atoms with Crippen LogP contribution < -0.4 is 4.74 Å². The minimum atomic E-state index is -0.614. The van der Waals surface area contributed by atoms with Gasteiger partial charge >= 0.3 is 11.9 Å². The number of esters is 2.